The topological polar surface area (TPSA) is 72.0 Å². The molecule has 1 N–H and O–H groups in total. The summed E-state index contributed by atoms with van der Waals surface area (Å²) in [5.41, 5.74) is 0.977. The van der Waals surface area contributed by atoms with Crippen molar-refractivity contribution in [3.63, 3.8) is 0 Å². The molecule has 0 radical (unpaired) electrons. The lowest BCUT2D eigenvalue weighted by molar-refractivity contribution is 0.602. The Morgan fingerprint density at radius 1 is 1.20 bits per heavy atom. The summed E-state index contributed by atoms with van der Waals surface area (Å²) in [5.74, 6) is 1.39. The smallest absolute Gasteiger partial charge is 0.175 e. The lowest BCUT2D eigenvalue weighted by atomic mass is 10.2. The molecule has 106 valence electrons. The summed E-state index contributed by atoms with van der Waals surface area (Å²) in [6, 6.07) is 8.57. The second kappa shape index (κ2) is 5.88. The molecule has 0 saturated carbocycles. The van der Waals surface area contributed by atoms with Gasteiger partial charge in [-0.25, -0.2) is 18.4 Å². The molecule has 0 fully saturated rings. The van der Waals surface area contributed by atoms with Gasteiger partial charge in [0.2, 0.25) is 0 Å². The van der Waals surface area contributed by atoms with E-state index < -0.39 is 9.84 Å². The van der Waals surface area contributed by atoms with Crippen LogP contribution in [0.5, 0.6) is 0 Å². The van der Waals surface area contributed by atoms with Gasteiger partial charge in [-0.15, -0.1) is 0 Å². The molecule has 0 unspecified atom stereocenters. The zero-order chi connectivity index (χ0) is 14.8. The van der Waals surface area contributed by atoms with Crippen LogP contribution in [0.3, 0.4) is 0 Å². The Morgan fingerprint density at radius 3 is 2.40 bits per heavy atom. The first-order chi connectivity index (χ1) is 9.34. The van der Waals surface area contributed by atoms with E-state index in [1.54, 1.807) is 30.3 Å². The van der Waals surface area contributed by atoms with Crippen molar-refractivity contribution in [2.45, 2.75) is 18.4 Å². The third-order valence-corrected chi connectivity index (χ3v) is 4.17. The largest absolute Gasteiger partial charge is 0.366 e. The SMILES string of the molecule is Cc1nc(Br)cc(NCc2ccc(S(C)(=O)=O)cc2)n1. The van der Waals surface area contributed by atoms with Gasteiger partial charge in [0.05, 0.1) is 4.90 Å². The van der Waals surface area contributed by atoms with Crippen LogP contribution in [0.2, 0.25) is 0 Å². The molecular formula is C13H14BrN3O2S. The minimum absolute atomic E-state index is 0.321. The lowest BCUT2D eigenvalue weighted by Crippen LogP contribution is -2.04. The normalized spacial score (nSPS) is 11.3. The Kier molecular flexibility index (Phi) is 4.39. The zero-order valence-electron chi connectivity index (χ0n) is 11.1. The highest BCUT2D eigenvalue weighted by molar-refractivity contribution is 9.10. The van der Waals surface area contributed by atoms with Crippen LogP contribution in [0.1, 0.15) is 11.4 Å². The van der Waals surface area contributed by atoms with E-state index >= 15 is 0 Å². The van der Waals surface area contributed by atoms with Crippen LogP contribution >= 0.6 is 15.9 Å². The number of rotatable bonds is 4. The van der Waals surface area contributed by atoms with Crippen LogP contribution in [-0.4, -0.2) is 24.6 Å². The van der Waals surface area contributed by atoms with Crippen molar-refractivity contribution in [3.8, 4) is 0 Å². The van der Waals surface area contributed by atoms with Gasteiger partial charge in [0.25, 0.3) is 0 Å². The molecule has 0 bridgehead atoms. The van der Waals surface area contributed by atoms with Gasteiger partial charge < -0.3 is 5.32 Å². The van der Waals surface area contributed by atoms with Gasteiger partial charge in [0.1, 0.15) is 16.2 Å². The molecule has 0 saturated heterocycles. The number of hydrogen-bond acceptors (Lipinski definition) is 5. The number of nitrogens with one attached hydrogen (secondary N) is 1. The summed E-state index contributed by atoms with van der Waals surface area (Å²) in [7, 11) is -3.15. The summed E-state index contributed by atoms with van der Waals surface area (Å²) in [5, 5.41) is 3.17. The van der Waals surface area contributed by atoms with E-state index in [0.29, 0.717) is 17.3 Å². The Bertz CT molecular complexity index is 695. The Labute approximate surface area is 126 Å². The quantitative estimate of drug-likeness (QED) is 0.853. The number of hydrogen-bond donors (Lipinski definition) is 1. The molecule has 1 aromatic carbocycles. The highest BCUT2D eigenvalue weighted by Crippen LogP contribution is 2.14. The fourth-order valence-corrected chi connectivity index (χ4v) is 2.77. The number of benzene rings is 1. The summed E-state index contributed by atoms with van der Waals surface area (Å²) in [4.78, 5) is 8.71. The van der Waals surface area contributed by atoms with Crippen molar-refractivity contribution in [2.24, 2.45) is 0 Å². The van der Waals surface area contributed by atoms with Gasteiger partial charge in [0.15, 0.2) is 9.84 Å². The van der Waals surface area contributed by atoms with Crippen LogP contribution in [0.25, 0.3) is 0 Å². The molecule has 2 rings (SSSR count). The van der Waals surface area contributed by atoms with Gasteiger partial charge in [0, 0.05) is 18.9 Å². The Morgan fingerprint density at radius 2 is 1.85 bits per heavy atom. The van der Waals surface area contributed by atoms with E-state index in [1.807, 2.05) is 6.92 Å². The van der Waals surface area contributed by atoms with Gasteiger partial charge >= 0.3 is 0 Å². The molecule has 20 heavy (non-hydrogen) atoms. The maximum absolute atomic E-state index is 11.4. The lowest BCUT2D eigenvalue weighted by Gasteiger charge is -2.07. The van der Waals surface area contributed by atoms with Crippen molar-refractivity contribution in [2.75, 3.05) is 11.6 Å². The van der Waals surface area contributed by atoms with E-state index in [2.05, 4.69) is 31.2 Å². The Hall–Kier alpha value is -1.47. The molecule has 1 aromatic heterocycles. The van der Waals surface area contributed by atoms with Gasteiger partial charge in [-0.05, 0) is 40.5 Å². The molecule has 7 heteroatoms. The third kappa shape index (κ3) is 4.01. The van der Waals surface area contributed by atoms with Crippen LogP contribution in [0, 0.1) is 6.92 Å². The molecule has 0 aliphatic rings. The van der Waals surface area contributed by atoms with Crippen LogP contribution in [0.15, 0.2) is 39.8 Å². The molecule has 0 aliphatic heterocycles. The van der Waals surface area contributed by atoms with Gasteiger partial charge in [-0.3, -0.25) is 0 Å². The fraction of sp³-hybridized carbons (Fsp3) is 0.231. The summed E-state index contributed by atoms with van der Waals surface area (Å²) in [6.45, 7) is 2.38. The first-order valence-electron chi connectivity index (χ1n) is 5.88. The van der Waals surface area contributed by atoms with Crippen molar-refractivity contribution in [1.29, 1.82) is 0 Å². The van der Waals surface area contributed by atoms with E-state index in [9.17, 15) is 8.42 Å². The predicted molar refractivity (Wildman–Crippen MR) is 81.3 cm³/mol. The summed E-state index contributed by atoms with van der Waals surface area (Å²) in [6.07, 6.45) is 1.20. The van der Waals surface area contributed by atoms with Gasteiger partial charge in [-0.1, -0.05) is 12.1 Å². The van der Waals surface area contributed by atoms with Crippen molar-refractivity contribution in [3.05, 3.63) is 46.3 Å². The number of aryl methyl sites for hydroxylation is 1. The van der Waals surface area contributed by atoms with Crippen molar-refractivity contribution in [1.82, 2.24) is 9.97 Å². The standard InChI is InChI=1S/C13H14BrN3O2S/c1-9-16-12(14)7-13(17-9)15-8-10-3-5-11(6-4-10)20(2,18)19/h3-7H,8H2,1-2H3,(H,15,16,17). The second-order valence-corrected chi connectivity index (χ2v) is 7.22. The molecule has 1 heterocycles. The molecule has 2 aromatic rings. The minimum Gasteiger partial charge on any atom is -0.366 e. The monoisotopic (exact) mass is 355 g/mol. The minimum atomic E-state index is -3.15. The molecule has 0 spiro atoms. The van der Waals surface area contributed by atoms with Crippen LogP contribution < -0.4 is 5.32 Å². The number of anilines is 1. The molecule has 5 nitrogen and oxygen atoms in total. The maximum atomic E-state index is 11.4. The molecular weight excluding hydrogens is 342 g/mol. The number of nitrogens with zero attached hydrogens (tertiary/aromatic N) is 2. The third-order valence-electron chi connectivity index (χ3n) is 2.63. The predicted octanol–water partition coefficient (Wildman–Crippen LogP) is 2.56. The van der Waals surface area contributed by atoms with Crippen LogP contribution in [-0.2, 0) is 16.4 Å². The second-order valence-electron chi connectivity index (χ2n) is 4.39. The number of aromatic nitrogens is 2. The molecule has 0 aliphatic carbocycles. The van der Waals surface area contributed by atoms with Crippen molar-refractivity contribution >= 4 is 31.6 Å². The number of sulfone groups is 1. The van der Waals surface area contributed by atoms with E-state index in [4.69, 9.17) is 0 Å². The zero-order valence-corrected chi connectivity index (χ0v) is 13.5. The maximum Gasteiger partial charge on any atom is 0.175 e. The Balaban J connectivity index is 2.07. The number of halogens is 1. The average molecular weight is 356 g/mol. The van der Waals surface area contributed by atoms with E-state index in [1.165, 1.54) is 6.26 Å². The highest BCUT2D eigenvalue weighted by Gasteiger charge is 2.06. The summed E-state index contributed by atoms with van der Waals surface area (Å²) < 4.78 is 23.4. The van der Waals surface area contributed by atoms with Crippen molar-refractivity contribution < 1.29 is 8.42 Å². The van der Waals surface area contributed by atoms with Gasteiger partial charge in [-0.2, -0.15) is 0 Å². The van der Waals surface area contributed by atoms with Crippen LogP contribution in [0.4, 0.5) is 5.82 Å². The molecule has 0 amide bonds. The highest BCUT2D eigenvalue weighted by atomic mass is 79.9. The van der Waals surface area contributed by atoms with E-state index in [0.717, 1.165) is 16.0 Å². The summed E-state index contributed by atoms with van der Waals surface area (Å²) >= 11 is 3.31. The fourth-order valence-electron chi connectivity index (χ4n) is 1.67. The van der Waals surface area contributed by atoms with E-state index in [-0.39, 0.29) is 0 Å². The molecule has 0 atom stereocenters. The first kappa shape index (κ1) is 14.9. The first-order valence-corrected chi connectivity index (χ1v) is 8.57. The average Bonchev–Trinajstić information content (AvgIpc) is 2.35.